The number of carbonyl (C=O) groups is 1. The molecule has 1 unspecified atom stereocenters. The van der Waals surface area contributed by atoms with Crippen molar-refractivity contribution in [3.05, 3.63) is 29.0 Å². The lowest BCUT2D eigenvalue weighted by Gasteiger charge is -2.21. The fourth-order valence-electron chi connectivity index (χ4n) is 1.83. The molecule has 1 atom stereocenters. The number of hydrogen-bond acceptors (Lipinski definition) is 2. The molecular weight excluding hydrogens is 231 g/mol. The van der Waals surface area contributed by atoms with Gasteiger partial charge in [-0.3, -0.25) is 4.79 Å². The van der Waals surface area contributed by atoms with E-state index in [2.05, 4.69) is 10.3 Å². The van der Waals surface area contributed by atoms with E-state index in [1.807, 2.05) is 0 Å². The average Bonchev–Trinajstić information content (AvgIpc) is 2.44. The van der Waals surface area contributed by atoms with E-state index in [4.69, 9.17) is 11.6 Å². The first kappa shape index (κ1) is 11.3. The van der Waals surface area contributed by atoms with E-state index in [0.717, 1.165) is 6.42 Å². The number of carbonyl (C=O) groups excluding carboxylic acids is 1. The van der Waals surface area contributed by atoms with Crippen LogP contribution in [0.3, 0.4) is 0 Å². The van der Waals surface area contributed by atoms with Crippen molar-refractivity contribution in [1.29, 1.82) is 0 Å². The molecule has 1 aliphatic rings. The van der Waals surface area contributed by atoms with Crippen molar-refractivity contribution in [2.45, 2.75) is 24.9 Å². The van der Waals surface area contributed by atoms with Crippen LogP contribution in [0.15, 0.2) is 18.3 Å². The molecule has 0 aliphatic carbocycles. The summed E-state index contributed by atoms with van der Waals surface area (Å²) in [6.07, 6.45) is 3.01. The number of halogens is 2. The summed E-state index contributed by atoms with van der Waals surface area (Å²) in [5.74, 6) is -0.575. The Balaban J connectivity index is 2.34. The quantitative estimate of drug-likeness (QED) is 0.767. The Morgan fingerprint density at radius 2 is 2.25 bits per heavy atom. The number of rotatable bonds is 1. The fraction of sp³-hybridized carbons (Fsp3) is 0.455. The van der Waals surface area contributed by atoms with Gasteiger partial charge in [-0.2, -0.15) is 0 Å². The normalized spacial score (nSPS) is 26.0. The molecule has 5 heteroatoms. The molecule has 0 spiro atoms. The maximum Gasteiger partial charge on any atom is 0.262 e. The predicted molar refractivity (Wildman–Crippen MR) is 58.9 cm³/mol. The van der Waals surface area contributed by atoms with Gasteiger partial charge in [-0.1, -0.05) is 17.7 Å². The van der Waals surface area contributed by atoms with Gasteiger partial charge in [-0.25, -0.2) is 9.37 Å². The topological polar surface area (TPSA) is 42.0 Å². The van der Waals surface area contributed by atoms with Crippen LogP contribution in [0, 0.1) is 0 Å². The fourth-order valence-corrected chi connectivity index (χ4v) is 1.95. The molecule has 3 nitrogen and oxygen atoms in total. The molecule has 16 heavy (non-hydrogen) atoms. The second-order valence-electron chi connectivity index (χ2n) is 3.88. The number of pyridine rings is 1. The van der Waals surface area contributed by atoms with Crippen LogP contribution in [0.5, 0.6) is 0 Å². The number of nitrogens with one attached hydrogen (secondary N) is 1. The van der Waals surface area contributed by atoms with E-state index < -0.39 is 11.6 Å². The average molecular weight is 243 g/mol. The van der Waals surface area contributed by atoms with Gasteiger partial charge in [-0.05, 0) is 25.3 Å². The molecular formula is C11H12ClFN2O. The lowest BCUT2D eigenvalue weighted by molar-refractivity contribution is -0.133. The highest BCUT2D eigenvalue weighted by molar-refractivity contribution is 6.29. The molecule has 0 saturated carbocycles. The van der Waals surface area contributed by atoms with Gasteiger partial charge in [0.2, 0.25) is 5.67 Å². The van der Waals surface area contributed by atoms with Crippen LogP contribution in [0.4, 0.5) is 4.39 Å². The largest absolute Gasteiger partial charge is 0.353 e. The summed E-state index contributed by atoms with van der Waals surface area (Å²) < 4.78 is 14.6. The second-order valence-corrected chi connectivity index (χ2v) is 4.27. The van der Waals surface area contributed by atoms with Crippen LogP contribution >= 0.6 is 11.6 Å². The minimum absolute atomic E-state index is 0.197. The summed E-state index contributed by atoms with van der Waals surface area (Å²) in [6, 6.07) is 3.01. The molecule has 1 amide bonds. The zero-order valence-electron chi connectivity index (χ0n) is 8.67. The number of amides is 1. The zero-order valence-corrected chi connectivity index (χ0v) is 9.43. The van der Waals surface area contributed by atoms with E-state index in [-0.39, 0.29) is 12.0 Å². The Kier molecular flexibility index (Phi) is 3.10. The number of hydrogen-bond donors (Lipinski definition) is 1. The second kappa shape index (κ2) is 4.37. The monoisotopic (exact) mass is 242 g/mol. The summed E-state index contributed by atoms with van der Waals surface area (Å²) in [7, 11) is 0. The molecule has 2 heterocycles. The summed E-state index contributed by atoms with van der Waals surface area (Å²) >= 11 is 5.63. The molecule has 0 aromatic carbocycles. The molecule has 0 bridgehead atoms. The Labute approximate surface area is 98.0 Å². The van der Waals surface area contributed by atoms with Crippen LogP contribution in [0.1, 0.15) is 24.8 Å². The summed E-state index contributed by atoms with van der Waals surface area (Å²) in [5.41, 5.74) is -1.69. The summed E-state index contributed by atoms with van der Waals surface area (Å²) in [6.45, 7) is 0.533. The molecule has 0 radical (unpaired) electrons. The molecule has 1 aromatic heterocycles. The van der Waals surface area contributed by atoms with E-state index in [1.165, 1.54) is 18.3 Å². The Morgan fingerprint density at radius 3 is 2.94 bits per heavy atom. The van der Waals surface area contributed by atoms with Gasteiger partial charge in [0.15, 0.2) is 0 Å². The van der Waals surface area contributed by atoms with Crippen LogP contribution in [0.25, 0.3) is 0 Å². The lowest BCUT2D eigenvalue weighted by Crippen LogP contribution is -2.39. The van der Waals surface area contributed by atoms with Crippen LogP contribution < -0.4 is 5.32 Å². The van der Waals surface area contributed by atoms with Crippen LogP contribution in [0.2, 0.25) is 5.15 Å². The number of nitrogens with zero attached hydrogens (tertiary/aromatic N) is 1. The van der Waals surface area contributed by atoms with Crippen molar-refractivity contribution in [2.75, 3.05) is 6.54 Å². The van der Waals surface area contributed by atoms with Crippen molar-refractivity contribution >= 4 is 17.5 Å². The van der Waals surface area contributed by atoms with Gasteiger partial charge in [0.1, 0.15) is 5.15 Å². The molecule has 1 saturated heterocycles. The highest BCUT2D eigenvalue weighted by Gasteiger charge is 2.41. The highest BCUT2D eigenvalue weighted by atomic mass is 35.5. The van der Waals surface area contributed by atoms with Crippen LogP contribution in [-0.2, 0) is 10.5 Å². The van der Waals surface area contributed by atoms with Crippen molar-refractivity contribution in [2.24, 2.45) is 0 Å². The third kappa shape index (κ3) is 2.02. The van der Waals surface area contributed by atoms with Gasteiger partial charge >= 0.3 is 0 Å². The van der Waals surface area contributed by atoms with Gasteiger partial charge < -0.3 is 5.32 Å². The van der Waals surface area contributed by atoms with Gasteiger partial charge in [-0.15, -0.1) is 0 Å². The first-order valence-corrected chi connectivity index (χ1v) is 5.60. The van der Waals surface area contributed by atoms with Gasteiger partial charge in [0.05, 0.1) is 0 Å². The van der Waals surface area contributed by atoms with Gasteiger partial charge in [0, 0.05) is 18.3 Å². The van der Waals surface area contributed by atoms with E-state index in [1.54, 1.807) is 0 Å². The lowest BCUT2D eigenvalue weighted by atomic mass is 9.92. The summed E-state index contributed by atoms with van der Waals surface area (Å²) in [4.78, 5) is 15.5. The third-order valence-corrected chi connectivity index (χ3v) is 3.00. The Bertz CT molecular complexity index is 395. The molecule has 1 aromatic rings. The van der Waals surface area contributed by atoms with Crippen molar-refractivity contribution in [3.8, 4) is 0 Å². The Morgan fingerprint density at radius 1 is 1.44 bits per heavy atom. The van der Waals surface area contributed by atoms with Crippen molar-refractivity contribution in [1.82, 2.24) is 10.3 Å². The molecule has 86 valence electrons. The smallest absolute Gasteiger partial charge is 0.262 e. The zero-order chi connectivity index (χ0) is 11.6. The molecule has 1 aliphatic heterocycles. The number of alkyl halides is 1. The minimum atomic E-state index is -1.96. The van der Waals surface area contributed by atoms with E-state index in [0.29, 0.717) is 18.1 Å². The van der Waals surface area contributed by atoms with Crippen molar-refractivity contribution in [3.63, 3.8) is 0 Å². The van der Waals surface area contributed by atoms with Crippen LogP contribution in [-0.4, -0.2) is 17.4 Å². The third-order valence-electron chi connectivity index (χ3n) is 2.78. The first-order chi connectivity index (χ1) is 7.63. The maximum atomic E-state index is 14.6. The minimum Gasteiger partial charge on any atom is -0.353 e. The predicted octanol–water partition coefficient (Wildman–Crippen LogP) is 2.20. The molecule has 1 N–H and O–H groups in total. The summed E-state index contributed by atoms with van der Waals surface area (Å²) in [5, 5.41) is 2.87. The highest BCUT2D eigenvalue weighted by Crippen LogP contribution is 2.33. The number of aromatic nitrogens is 1. The molecule has 2 rings (SSSR count). The SMILES string of the molecule is O=C1NCCCCC1(F)c1ccc(Cl)nc1. The van der Waals surface area contributed by atoms with E-state index in [9.17, 15) is 9.18 Å². The van der Waals surface area contributed by atoms with Gasteiger partial charge in [0.25, 0.3) is 5.91 Å². The molecule has 1 fully saturated rings. The van der Waals surface area contributed by atoms with Crippen molar-refractivity contribution < 1.29 is 9.18 Å². The van der Waals surface area contributed by atoms with E-state index >= 15 is 0 Å². The Hall–Kier alpha value is -1.16. The first-order valence-electron chi connectivity index (χ1n) is 5.22. The standard InChI is InChI=1S/C11H12ClFN2O/c12-9-4-3-8(7-15-9)11(13)5-1-2-6-14-10(11)16/h3-4,7H,1-2,5-6H2,(H,14,16). The maximum absolute atomic E-state index is 14.6.